The number of pyridine rings is 1. The van der Waals surface area contributed by atoms with E-state index in [1.54, 1.807) is 24.7 Å². The summed E-state index contributed by atoms with van der Waals surface area (Å²) in [6.45, 7) is 1.60. The summed E-state index contributed by atoms with van der Waals surface area (Å²) in [4.78, 5) is 24.4. The van der Waals surface area contributed by atoms with Crippen molar-refractivity contribution in [3.63, 3.8) is 0 Å². The second kappa shape index (κ2) is 9.73. The van der Waals surface area contributed by atoms with Gasteiger partial charge in [-0.2, -0.15) is 0 Å². The fraction of sp³-hybridized carbons (Fsp3) is 0.222. The molecular formula is C27H24ClF2N9. The zero-order valence-corrected chi connectivity index (χ0v) is 21.5. The number of imidazole rings is 1. The molecule has 2 aliphatic heterocycles. The number of hydrogen-bond donors (Lipinski definition) is 2. The van der Waals surface area contributed by atoms with Gasteiger partial charge in [-0.3, -0.25) is 9.98 Å². The molecule has 39 heavy (non-hydrogen) atoms. The van der Waals surface area contributed by atoms with Crippen molar-refractivity contribution >= 4 is 39.4 Å². The maximum absolute atomic E-state index is 14.1. The monoisotopic (exact) mass is 547 g/mol. The van der Waals surface area contributed by atoms with E-state index in [9.17, 15) is 8.78 Å². The highest BCUT2D eigenvalue weighted by atomic mass is 35.5. The van der Waals surface area contributed by atoms with Crippen molar-refractivity contribution in [3.8, 4) is 11.3 Å². The van der Waals surface area contributed by atoms with E-state index in [-0.39, 0.29) is 5.82 Å². The molecule has 0 saturated carbocycles. The Balaban J connectivity index is 1.44. The van der Waals surface area contributed by atoms with Gasteiger partial charge in [-0.05, 0) is 54.8 Å². The number of fused-ring (bicyclic) bond motifs is 1. The molecule has 1 saturated heterocycles. The lowest BCUT2D eigenvalue weighted by Gasteiger charge is -2.42. The van der Waals surface area contributed by atoms with Crippen LogP contribution in [0.1, 0.15) is 18.4 Å². The Morgan fingerprint density at radius 1 is 1.05 bits per heavy atom. The summed E-state index contributed by atoms with van der Waals surface area (Å²) in [5.74, 6) is -1.57. The quantitative estimate of drug-likeness (QED) is 0.392. The van der Waals surface area contributed by atoms with Crippen LogP contribution in [0, 0.1) is 11.6 Å². The molecule has 2 aliphatic rings. The zero-order valence-electron chi connectivity index (χ0n) is 20.7. The lowest BCUT2D eigenvalue weighted by molar-refractivity contribution is 0.396. The van der Waals surface area contributed by atoms with Crippen LogP contribution in [0.5, 0.6) is 0 Å². The summed E-state index contributed by atoms with van der Waals surface area (Å²) in [5, 5.41) is 0.391. The molecule has 5 heterocycles. The molecule has 9 nitrogen and oxygen atoms in total. The van der Waals surface area contributed by atoms with Gasteiger partial charge in [0.25, 0.3) is 0 Å². The molecule has 4 aromatic rings. The molecule has 6 rings (SSSR count). The Morgan fingerprint density at radius 2 is 1.92 bits per heavy atom. The predicted molar refractivity (Wildman–Crippen MR) is 147 cm³/mol. The second-order valence-corrected chi connectivity index (χ2v) is 9.99. The molecule has 1 aromatic carbocycles. The molecule has 0 unspecified atom stereocenters. The van der Waals surface area contributed by atoms with Crippen LogP contribution in [0.15, 0.2) is 72.0 Å². The molecule has 1 fully saturated rings. The van der Waals surface area contributed by atoms with E-state index >= 15 is 0 Å². The largest absolute Gasteiger partial charge is 0.400 e. The Labute approximate surface area is 227 Å². The number of benzene rings is 1. The Hall–Kier alpha value is -4.38. The average molecular weight is 548 g/mol. The number of aromatic nitrogens is 5. The minimum Gasteiger partial charge on any atom is -0.400 e. The third kappa shape index (κ3) is 4.59. The topological polar surface area (TPSA) is 124 Å². The van der Waals surface area contributed by atoms with Crippen molar-refractivity contribution in [2.75, 3.05) is 23.7 Å². The van der Waals surface area contributed by atoms with Crippen LogP contribution in [0.3, 0.4) is 0 Å². The minimum atomic E-state index is -0.940. The van der Waals surface area contributed by atoms with Crippen molar-refractivity contribution in [2.24, 2.45) is 10.7 Å². The first-order valence-corrected chi connectivity index (χ1v) is 12.7. The summed E-state index contributed by atoms with van der Waals surface area (Å²) in [7, 11) is 0. The number of aliphatic imine (C=N–C) groups is 1. The molecule has 12 heteroatoms. The van der Waals surface area contributed by atoms with Crippen molar-refractivity contribution in [2.45, 2.75) is 24.9 Å². The van der Waals surface area contributed by atoms with E-state index in [2.05, 4.69) is 24.8 Å². The molecule has 0 radical (unpaired) electrons. The first kappa shape index (κ1) is 24.9. The Bertz CT molecular complexity index is 1680. The normalized spacial score (nSPS) is 19.3. The molecule has 1 atom stereocenters. The van der Waals surface area contributed by atoms with Crippen molar-refractivity contribution in [1.82, 2.24) is 24.5 Å². The first-order chi connectivity index (χ1) is 18.8. The van der Waals surface area contributed by atoms with Crippen LogP contribution in [0.2, 0.25) is 0 Å². The van der Waals surface area contributed by atoms with Gasteiger partial charge in [0.05, 0.1) is 30.5 Å². The molecule has 1 spiro atoms. The number of anilines is 2. The summed E-state index contributed by atoms with van der Waals surface area (Å²) >= 11 is 6.36. The van der Waals surface area contributed by atoms with Gasteiger partial charge in [0.15, 0.2) is 23.1 Å². The highest BCUT2D eigenvalue weighted by Crippen LogP contribution is 2.36. The number of piperidine rings is 1. The van der Waals surface area contributed by atoms with Gasteiger partial charge >= 0.3 is 0 Å². The summed E-state index contributed by atoms with van der Waals surface area (Å²) in [5.41, 5.74) is 16.2. The fourth-order valence-electron chi connectivity index (χ4n) is 5.17. The highest BCUT2D eigenvalue weighted by Gasteiger charge is 2.39. The number of nitrogens with two attached hydrogens (primary N) is 2. The zero-order chi connectivity index (χ0) is 27.1. The van der Waals surface area contributed by atoms with E-state index in [4.69, 9.17) is 28.1 Å². The first-order valence-electron chi connectivity index (χ1n) is 12.3. The van der Waals surface area contributed by atoms with Crippen molar-refractivity contribution in [3.05, 3.63) is 84.2 Å². The summed E-state index contributed by atoms with van der Waals surface area (Å²) in [6, 6.07) is 5.59. The van der Waals surface area contributed by atoms with Crippen molar-refractivity contribution in [1.29, 1.82) is 0 Å². The van der Waals surface area contributed by atoms with Crippen LogP contribution >= 0.6 is 11.6 Å². The van der Waals surface area contributed by atoms with Crippen LogP contribution in [0.25, 0.3) is 22.4 Å². The summed E-state index contributed by atoms with van der Waals surface area (Å²) in [6.07, 6.45) is 11.7. The smallest absolute Gasteiger partial charge is 0.165 e. The standard InChI is InChI=1S/C27H24ClF2N9/c28-23-4-1-3-22(31)27(37-23)7-2-8-38(13-27)21-11-33-20(16-5-6-18(29)19(30)9-16)10-17(21)12-39-15-36-24-25(32)34-14-35-26(24)39/h1,3-6,9-11,14-15H,2,7-8,12-13,31H2,(H2,32,34,35)/t27-/m1/s1. The van der Waals surface area contributed by atoms with Gasteiger partial charge in [0.2, 0.25) is 0 Å². The van der Waals surface area contributed by atoms with Gasteiger partial charge in [-0.15, -0.1) is 0 Å². The molecular weight excluding hydrogens is 524 g/mol. The van der Waals surface area contributed by atoms with Crippen LogP contribution in [-0.2, 0) is 6.54 Å². The molecule has 0 bridgehead atoms. The second-order valence-electron chi connectivity index (χ2n) is 9.60. The third-order valence-corrected chi connectivity index (χ3v) is 7.34. The molecule has 3 aromatic heterocycles. The number of rotatable bonds is 4. The highest BCUT2D eigenvalue weighted by molar-refractivity contribution is 6.68. The van der Waals surface area contributed by atoms with E-state index in [1.165, 1.54) is 12.4 Å². The fourth-order valence-corrected chi connectivity index (χ4v) is 5.41. The Kier molecular flexibility index (Phi) is 6.22. The van der Waals surface area contributed by atoms with Gasteiger partial charge in [-0.25, -0.2) is 23.7 Å². The van der Waals surface area contributed by atoms with Crippen molar-refractivity contribution < 1.29 is 8.78 Å². The number of hydrogen-bond acceptors (Lipinski definition) is 8. The average Bonchev–Trinajstić information content (AvgIpc) is 3.28. The minimum absolute atomic E-state index is 0.285. The third-order valence-electron chi connectivity index (χ3n) is 7.13. The number of nitrogen functional groups attached to an aromatic ring is 1. The molecule has 0 aliphatic carbocycles. The Morgan fingerprint density at radius 3 is 2.77 bits per heavy atom. The van der Waals surface area contributed by atoms with E-state index in [0.717, 1.165) is 42.8 Å². The molecule has 198 valence electrons. The lowest BCUT2D eigenvalue weighted by atomic mass is 9.86. The summed E-state index contributed by atoms with van der Waals surface area (Å²) < 4.78 is 29.5. The predicted octanol–water partition coefficient (Wildman–Crippen LogP) is 4.19. The van der Waals surface area contributed by atoms with E-state index < -0.39 is 17.2 Å². The lowest BCUT2D eigenvalue weighted by Crippen LogP contribution is -2.50. The number of nitrogens with zero attached hydrogens (tertiary/aromatic N) is 7. The number of allylic oxidation sites excluding steroid dienone is 3. The number of halogens is 3. The van der Waals surface area contributed by atoms with E-state index in [1.807, 2.05) is 16.7 Å². The van der Waals surface area contributed by atoms with Crippen LogP contribution in [0.4, 0.5) is 20.3 Å². The maximum atomic E-state index is 14.1. The van der Waals surface area contributed by atoms with Crippen LogP contribution < -0.4 is 16.4 Å². The van der Waals surface area contributed by atoms with E-state index in [0.29, 0.717) is 46.4 Å². The molecule has 0 amide bonds. The van der Waals surface area contributed by atoms with Gasteiger partial charge in [0.1, 0.15) is 22.6 Å². The van der Waals surface area contributed by atoms with Gasteiger partial charge in [0, 0.05) is 24.4 Å². The maximum Gasteiger partial charge on any atom is 0.165 e. The van der Waals surface area contributed by atoms with Crippen LogP contribution in [-0.4, -0.2) is 48.3 Å². The SMILES string of the molecule is NC1=CC=CC(Cl)=N[C@@]12CCCN(c1cnc(-c3ccc(F)c(F)c3)cc1Cn1cnc3c(N)ncnc31)C2. The van der Waals surface area contributed by atoms with Gasteiger partial charge in [-0.1, -0.05) is 17.7 Å². The van der Waals surface area contributed by atoms with Gasteiger partial charge < -0.3 is 20.9 Å². The molecule has 4 N–H and O–H groups in total.